The Morgan fingerprint density at radius 2 is 1.30 bits per heavy atom. The average molecular weight is 449 g/mol. The largest absolute Gasteiger partial charge is 0.435 e. The predicted molar refractivity (Wildman–Crippen MR) is 99.7 cm³/mol. The normalized spacial score (nSPS) is 12.5. The van der Waals surface area contributed by atoms with Gasteiger partial charge in [0.1, 0.15) is 0 Å². The number of H-pyrrole nitrogens is 2. The van der Waals surface area contributed by atoms with Gasteiger partial charge in [0.15, 0.2) is 11.4 Å². The Balaban J connectivity index is 1.98. The molecule has 0 spiro atoms. The van der Waals surface area contributed by atoms with Crippen LogP contribution in [-0.2, 0) is 12.4 Å². The number of nitrogens with zero attached hydrogens (tertiary/aromatic N) is 3. The number of halogens is 6. The number of unbranched alkanes of at least 4 members (excludes halogenated alkanes) is 2. The van der Waals surface area contributed by atoms with Crippen LogP contribution in [0.3, 0.4) is 0 Å². The summed E-state index contributed by atoms with van der Waals surface area (Å²) in [5, 5.41) is 11.1. The molecule has 0 aliphatic heterocycles. The zero-order chi connectivity index (χ0) is 21.9. The number of nitrogens with one attached hydrogen (secondary N) is 2. The van der Waals surface area contributed by atoms with Crippen LogP contribution in [0, 0.1) is 0 Å². The van der Waals surface area contributed by atoms with E-state index in [1.165, 1.54) is 11.8 Å². The van der Waals surface area contributed by atoms with Crippen molar-refractivity contribution >= 4 is 11.8 Å². The highest BCUT2D eigenvalue weighted by atomic mass is 32.2. The molecule has 0 saturated heterocycles. The maximum Gasteiger partial charge on any atom is 0.435 e. The van der Waals surface area contributed by atoms with Gasteiger partial charge in [0.05, 0.1) is 22.8 Å². The average Bonchev–Trinajstić information content (AvgIpc) is 3.34. The van der Waals surface area contributed by atoms with Crippen LogP contribution in [0.2, 0.25) is 0 Å². The lowest BCUT2D eigenvalue weighted by Gasteiger charge is -2.07. The second kappa shape index (κ2) is 8.70. The van der Waals surface area contributed by atoms with Crippen LogP contribution in [0.4, 0.5) is 26.3 Å². The Labute approximate surface area is 171 Å². The van der Waals surface area contributed by atoms with Gasteiger partial charge in [-0.1, -0.05) is 19.8 Å². The fourth-order valence-electron chi connectivity index (χ4n) is 2.60. The summed E-state index contributed by atoms with van der Waals surface area (Å²) in [4.78, 5) is 4.88. The zero-order valence-electron chi connectivity index (χ0n) is 15.7. The van der Waals surface area contributed by atoms with Gasteiger partial charge >= 0.3 is 12.4 Å². The van der Waals surface area contributed by atoms with Gasteiger partial charge in [-0.2, -0.15) is 36.5 Å². The molecule has 0 radical (unpaired) electrons. The van der Waals surface area contributed by atoms with E-state index in [0.29, 0.717) is 4.90 Å². The van der Waals surface area contributed by atoms with Crippen LogP contribution in [0.1, 0.15) is 37.6 Å². The molecule has 3 aromatic rings. The molecule has 3 heterocycles. The number of alkyl halides is 6. The van der Waals surface area contributed by atoms with Crippen molar-refractivity contribution < 1.29 is 26.3 Å². The molecule has 0 atom stereocenters. The monoisotopic (exact) mass is 449 g/mol. The van der Waals surface area contributed by atoms with Crippen LogP contribution in [0.15, 0.2) is 29.2 Å². The number of hydrogen-bond donors (Lipinski definition) is 2. The molecule has 0 amide bonds. The number of thioether (sulfide) groups is 1. The maximum atomic E-state index is 12.9. The van der Waals surface area contributed by atoms with E-state index in [-0.39, 0.29) is 22.8 Å². The minimum Gasteiger partial charge on any atom is -0.276 e. The van der Waals surface area contributed by atoms with Crippen molar-refractivity contribution in [2.75, 3.05) is 5.75 Å². The highest BCUT2D eigenvalue weighted by Crippen LogP contribution is 2.34. The van der Waals surface area contributed by atoms with Crippen molar-refractivity contribution in [2.45, 2.75) is 43.4 Å². The molecule has 162 valence electrons. The Morgan fingerprint density at radius 3 is 1.70 bits per heavy atom. The number of rotatable bonds is 7. The summed E-state index contributed by atoms with van der Waals surface area (Å²) in [5.41, 5.74) is -1.93. The molecular weight excluding hydrogens is 432 g/mol. The van der Waals surface area contributed by atoms with Gasteiger partial charge < -0.3 is 0 Å². The third-order valence-electron chi connectivity index (χ3n) is 4.10. The minimum atomic E-state index is -4.63. The fourth-order valence-corrected chi connectivity index (χ4v) is 3.58. The third-order valence-corrected chi connectivity index (χ3v) is 5.17. The van der Waals surface area contributed by atoms with Gasteiger partial charge in [-0.3, -0.25) is 10.2 Å². The number of pyridine rings is 1. The molecule has 0 aromatic carbocycles. The SMILES string of the molecule is CCCCCSc1cc(-c2cc(C(F)(F)F)n[nH]2)nc(-c2cc(C(F)(F)F)n[nH]2)c1. The quantitative estimate of drug-likeness (QED) is 0.257. The van der Waals surface area contributed by atoms with Crippen molar-refractivity contribution in [2.24, 2.45) is 0 Å². The summed E-state index contributed by atoms with van der Waals surface area (Å²) in [6.45, 7) is 2.06. The highest BCUT2D eigenvalue weighted by molar-refractivity contribution is 7.99. The van der Waals surface area contributed by atoms with E-state index in [0.717, 1.165) is 37.1 Å². The Morgan fingerprint density at radius 1 is 0.800 bits per heavy atom. The summed E-state index contributed by atoms with van der Waals surface area (Å²) >= 11 is 1.45. The second-order valence-corrected chi connectivity index (χ2v) is 7.63. The topological polar surface area (TPSA) is 70.2 Å². The van der Waals surface area contributed by atoms with Crippen LogP contribution >= 0.6 is 11.8 Å². The number of aromatic amines is 2. The van der Waals surface area contributed by atoms with Gasteiger partial charge in [-0.05, 0) is 36.4 Å². The first-order valence-corrected chi connectivity index (χ1v) is 9.97. The molecule has 12 heteroatoms. The summed E-state index contributed by atoms with van der Waals surface area (Å²) in [5.74, 6) is 0.754. The third kappa shape index (κ3) is 5.35. The molecule has 0 unspecified atom stereocenters. The van der Waals surface area contributed by atoms with E-state index in [2.05, 4.69) is 32.3 Å². The zero-order valence-corrected chi connectivity index (χ0v) is 16.5. The molecule has 0 bridgehead atoms. The molecule has 2 N–H and O–H groups in total. The lowest BCUT2D eigenvalue weighted by molar-refractivity contribution is -0.142. The van der Waals surface area contributed by atoms with Crippen molar-refractivity contribution in [3.8, 4) is 22.8 Å². The van der Waals surface area contributed by atoms with Crippen molar-refractivity contribution in [1.29, 1.82) is 0 Å². The maximum absolute atomic E-state index is 12.9. The minimum absolute atomic E-state index is 0.00939. The highest BCUT2D eigenvalue weighted by Gasteiger charge is 2.35. The summed E-state index contributed by atoms with van der Waals surface area (Å²) in [6, 6.07) is 4.78. The Hall–Kier alpha value is -2.50. The van der Waals surface area contributed by atoms with E-state index < -0.39 is 23.7 Å². The molecular formula is C18H17F6N5S. The van der Waals surface area contributed by atoms with Crippen LogP contribution < -0.4 is 0 Å². The molecule has 0 aliphatic carbocycles. The molecule has 30 heavy (non-hydrogen) atoms. The van der Waals surface area contributed by atoms with Crippen LogP contribution in [0.5, 0.6) is 0 Å². The van der Waals surface area contributed by atoms with Gasteiger partial charge in [0, 0.05) is 4.90 Å². The first-order valence-electron chi connectivity index (χ1n) is 8.98. The molecule has 5 nitrogen and oxygen atoms in total. The van der Waals surface area contributed by atoms with E-state index in [9.17, 15) is 26.3 Å². The van der Waals surface area contributed by atoms with Crippen LogP contribution in [-0.4, -0.2) is 31.1 Å². The summed E-state index contributed by atoms with van der Waals surface area (Å²) in [6.07, 6.45) is -6.29. The lowest BCUT2D eigenvalue weighted by atomic mass is 10.2. The molecule has 0 fully saturated rings. The van der Waals surface area contributed by atoms with E-state index in [1.54, 1.807) is 12.1 Å². The van der Waals surface area contributed by atoms with E-state index in [4.69, 9.17) is 0 Å². The first-order chi connectivity index (χ1) is 14.1. The second-order valence-electron chi connectivity index (χ2n) is 6.46. The molecule has 0 aliphatic rings. The first kappa shape index (κ1) is 22.2. The van der Waals surface area contributed by atoms with Gasteiger partial charge in [-0.25, -0.2) is 4.98 Å². The van der Waals surface area contributed by atoms with Gasteiger partial charge in [0.2, 0.25) is 0 Å². The smallest absolute Gasteiger partial charge is 0.276 e. The molecule has 0 saturated carbocycles. The summed E-state index contributed by atoms with van der Waals surface area (Å²) < 4.78 is 77.2. The van der Waals surface area contributed by atoms with Gasteiger partial charge in [0.25, 0.3) is 0 Å². The van der Waals surface area contributed by atoms with Crippen molar-refractivity contribution in [1.82, 2.24) is 25.4 Å². The van der Waals surface area contributed by atoms with Crippen molar-refractivity contribution in [3.05, 3.63) is 35.7 Å². The Bertz CT molecular complexity index is 921. The number of aromatic nitrogens is 5. The predicted octanol–water partition coefficient (Wildman–Crippen LogP) is 6.18. The standard InChI is InChI=1S/C18H17F6N5S/c1-2-3-4-5-30-10-6-11(13-8-15(28-26-13)17(19,20)21)25-12(7-10)14-9-16(29-27-14)18(22,23)24/h6-9H,2-5H2,1H3,(H,26,28)(H,27,29). The number of hydrogen-bond acceptors (Lipinski definition) is 4. The van der Waals surface area contributed by atoms with Crippen LogP contribution in [0.25, 0.3) is 22.8 Å². The Kier molecular flexibility index (Phi) is 6.44. The fraction of sp³-hybridized carbons (Fsp3) is 0.389. The lowest BCUT2D eigenvalue weighted by Crippen LogP contribution is -2.04. The van der Waals surface area contributed by atoms with Gasteiger partial charge in [-0.15, -0.1) is 11.8 Å². The van der Waals surface area contributed by atoms with Crippen molar-refractivity contribution in [3.63, 3.8) is 0 Å². The molecule has 3 aromatic heterocycles. The van der Waals surface area contributed by atoms with E-state index >= 15 is 0 Å². The van der Waals surface area contributed by atoms with E-state index in [1.807, 2.05) is 0 Å². The molecule has 3 rings (SSSR count). The summed E-state index contributed by atoms with van der Waals surface area (Å²) in [7, 11) is 0.